The van der Waals surface area contributed by atoms with Crippen LogP contribution in [0.4, 0.5) is 5.69 Å². The van der Waals surface area contributed by atoms with E-state index < -0.39 is 0 Å². The standard InChI is InChI=1S/C13H9BrClN3S/c14-10-6-9(19-13(10)15)7-18-8-1-2-11-12(5-8)17-4-3-16-11/h1-6,18H,7H2. The van der Waals surface area contributed by atoms with Gasteiger partial charge < -0.3 is 5.32 Å². The molecule has 96 valence electrons. The number of nitrogens with one attached hydrogen (secondary N) is 1. The lowest BCUT2D eigenvalue weighted by Crippen LogP contribution is -1.97. The van der Waals surface area contributed by atoms with E-state index in [0.29, 0.717) is 0 Å². The summed E-state index contributed by atoms with van der Waals surface area (Å²) in [5, 5.41) is 3.36. The predicted molar refractivity (Wildman–Crippen MR) is 83.9 cm³/mol. The van der Waals surface area contributed by atoms with Crippen molar-refractivity contribution < 1.29 is 0 Å². The first-order valence-corrected chi connectivity index (χ1v) is 7.59. The summed E-state index contributed by atoms with van der Waals surface area (Å²) in [6, 6.07) is 7.98. The molecule has 3 rings (SSSR count). The largest absolute Gasteiger partial charge is 0.380 e. The Labute approximate surface area is 127 Å². The van der Waals surface area contributed by atoms with Crippen LogP contribution >= 0.6 is 38.9 Å². The van der Waals surface area contributed by atoms with E-state index in [0.717, 1.165) is 32.1 Å². The topological polar surface area (TPSA) is 37.8 Å². The first kappa shape index (κ1) is 12.8. The highest BCUT2D eigenvalue weighted by Gasteiger charge is 2.04. The fourth-order valence-electron chi connectivity index (χ4n) is 1.74. The molecule has 0 aliphatic carbocycles. The maximum absolute atomic E-state index is 6.01. The van der Waals surface area contributed by atoms with Gasteiger partial charge in [0.1, 0.15) is 4.34 Å². The molecule has 1 aromatic carbocycles. The van der Waals surface area contributed by atoms with E-state index in [2.05, 4.69) is 31.2 Å². The maximum atomic E-state index is 6.01. The van der Waals surface area contributed by atoms with Gasteiger partial charge in [0.15, 0.2) is 0 Å². The van der Waals surface area contributed by atoms with E-state index in [-0.39, 0.29) is 0 Å². The van der Waals surface area contributed by atoms with Crippen LogP contribution in [0, 0.1) is 0 Å². The van der Waals surface area contributed by atoms with E-state index in [1.807, 2.05) is 24.3 Å². The third-order valence-corrected chi connectivity index (χ3v) is 5.11. The summed E-state index contributed by atoms with van der Waals surface area (Å²) in [6.07, 6.45) is 3.39. The zero-order chi connectivity index (χ0) is 13.2. The Morgan fingerprint density at radius 2 is 1.95 bits per heavy atom. The van der Waals surface area contributed by atoms with E-state index in [1.54, 1.807) is 23.7 Å². The van der Waals surface area contributed by atoms with Gasteiger partial charge in [-0.3, -0.25) is 9.97 Å². The Balaban J connectivity index is 1.78. The SMILES string of the molecule is Clc1sc(CNc2ccc3nccnc3c2)cc1Br. The number of nitrogens with zero attached hydrogens (tertiary/aromatic N) is 2. The lowest BCUT2D eigenvalue weighted by atomic mass is 10.2. The van der Waals surface area contributed by atoms with Crippen LogP contribution in [0.3, 0.4) is 0 Å². The van der Waals surface area contributed by atoms with Crippen LogP contribution in [0.15, 0.2) is 41.1 Å². The van der Waals surface area contributed by atoms with Gasteiger partial charge >= 0.3 is 0 Å². The minimum Gasteiger partial charge on any atom is -0.380 e. The molecule has 3 aromatic rings. The quantitative estimate of drug-likeness (QED) is 0.739. The van der Waals surface area contributed by atoms with Gasteiger partial charge in [0, 0.05) is 34.0 Å². The van der Waals surface area contributed by atoms with Gasteiger partial charge in [-0.1, -0.05) is 11.6 Å². The third-order valence-electron chi connectivity index (χ3n) is 2.63. The summed E-state index contributed by atoms with van der Waals surface area (Å²) in [7, 11) is 0. The lowest BCUT2D eigenvalue weighted by molar-refractivity contribution is 1.19. The summed E-state index contributed by atoms with van der Waals surface area (Å²) < 4.78 is 1.72. The number of hydrogen-bond donors (Lipinski definition) is 1. The number of anilines is 1. The van der Waals surface area contributed by atoms with Crippen molar-refractivity contribution >= 4 is 55.6 Å². The van der Waals surface area contributed by atoms with Crippen molar-refractivity contribution in [2.75, 3.05) is 5.32 Å². The van der Waals surface area contributed by atoms with Crippen LogP contribution in [0.2, 0.25) is 4.34 Å². The van der Waals surface area contributed by atoms with Crippen molar-refractivity contribution in [3.63, 3.8) is 0 Å². The second kappa shape index (κ2) is 5.45. The van der Waals surface area contributed by atoms with Crippen LogP contribution in [0.5, 0.6) is 0 Å². The van der Waals surface area contributed by atoms with Crippen molar-refractivity contribution in [1.29, 1.82) is 0 Å². The molecular formula is C13H9BrClN3S. The van der Waals surface area contributed by atoms with Crippen LogP contribution in [-0.4, -0.2) is 9.97 Å². The average molecular weight is 355 g/mol. The minimum absolute atomic E-state index is 0.738. The number of fused-ring (bicyclic) bond motifs is 1. The summed E-state index contributed by atoms with van der Waals surface area (Å²) in [5.41, 5.74) is 2.81. The number of hydrogen-bond acceptors (Lipinski definition) is 4. The number of benzene rings is 1. The highest BCUT2D eigenvalue weighted by molar-refractivity contribution is 9.10. The minimum atomic E-state index is 0.738. The molecule has 0 saturated carbocycles. The molecule has 0 fully saturated rings. The Hall–Kier alpha value is -1.17. The first-order valence-electron chi connectivity index (χ1n) is 5.61. The molecule has 1 N–H and O–H groups in total. The summed E-state index contributed by atoms with van der Waals surface area (Å²) >= 11 is 11.0. The second-order valence-electron chi connectivity index (χ2n) is 3.95. The summed E-state index contributed by atoms with van der Waals surface area (Å²) in [5.74, 6) is 0. The zero-order valence-electron chi connectivity index (χ0n) is 9.73. The smallest absolute Gasteiger partial charge is 0.107 e. The molecule has 0 atom stereocenters. The Kier molecular flexibility index (Phi) is 3.68. The van der Waals surface area contributed by atoms with Crippen molar-refractivity contribution in [3.8, 4) is 0 Å². The molecule has 3 nitrogen and oxygen atoms in total. The molecule has 0 aliphatic heterocycles. The van der Waals surface area contributed by atoms with Gasteiger partial charge in [-0.05, 0) is 40.2 Å². The molecule has 0 radical (unpaired) electrons. The van der Waals surface area contributed by atoms with E-state index in [9.17, 15) is 0 Å². The van der Waals surface area contributed by atoms with Gasteiger partial charge in [-0.2, -0.15) is 0 Å². The third kappa shape index (κ3) is 2.88. The maximum Gasteiger partial charge on any atom is 0.107 e. The summed E-state index contributed by atoms with van der Waals surface area (Å²) in [4.78, 5) is 9.71. The molecule has 6 heteroatoms. The highest BCUT2D eigenvalue weighted by atomic mass is 79.9. The lowest BCUT2D eigenvalue weighted by Gasteiger charge is -2.05. The molecule has 0 spiro atoms. The Morgan fingerprint density at radius 3 is 2.68 bits per heavy atom. The van der Waals surface area contributed by atoms with Crippen LogP contribution in [-0.2, 0) is 6.54 Å². The van der Waals surface area contributed by atoms with Crippen molar-refractivity contribution in [3.05, 3.63) is 50.3 Å². The molecular weight excluding hydrogens is 346 g/mol. The number of rotatable bonds is 3. The number of aromatic nitrogens is 2. The van der Waals surface area contributed by atoms with Gasteiger partial charge in [0.05, 0.1) is 11.0 Å². The van der Waals surface area contributed by atoms with Gasteiger partial charge in [0.2, 0.25) is 0 Å². The molecule has 0 bridgehead atoms. The molecule has 0 saturated heterocycles. The van der Waals surface area contributed by atoms with E-state index >= 15 is 0 Å². The highest BCUT2D eigenvalue weighted by Crippen LogP contribution is 2.32. The second-order valence-corrected chi connectivity index (χ2v) is 6.54. The van der Waals surface area contributed by atoms with Crippen LogP contribution in [0.1, 0.15) is 4.88 Å². The zero-order valence-corrected chi connectivity index (χ0v) is 12.9. The first-order chi connectivity index (χ1) is 9.22. The van der Waals surface area contributed by atoms with Crippen molar-refractivity contribution in [2.45, 2.75) is 6.54 Å². The van der Waals surface area contributed by atoms with Crippen molar-refractivity contribution in [2.24, 2.45) is 0 Å². The molecule has 0 amide bonds. The Bertz CT molecular complexity index is 709. The van der Waals surface area contributed by atoms with Gasteiger partial charge in [0.25, 0.3) is 0 Å². The van der Waals surface area contributed by atoms with Crippen LogP contribution < -0.4 is 5.32 Å². The number of halogens is 2. The van der Waals surface area contributed by atoms with E-state index in [1.165, 1.54) is 4.88 Å². The molecule has 0 unspecified atom stereocenters. The van der Waals surface area contributed by atoms with Crippen molar-refractivity contribution in [1.82, 2.24) is 9.97 Å². The molecule has 19 heavy (non-hydrogen) atoms. The monoisotopic (exact) mass is 353 g/mol. The van der Waals surface area contributed by atoms with E-state index in [4.69, 9.17) is 11.6 Å². The summed E-state index contributed by atoms with van der Waals surface area (Å²) in [6.45, 7) is 0.738. The van der Waals surface area contributed by atoms with Gasteiger partial charge in [-0.15, -0.1) is 11.3 Å². The average Bonchev–Trinajstić information content (AvgIpc) is 2.75. The number of thiophene rings is 1. The van der Waals surface area contributed by atoms with Gasteiger partial charge in [-0.25, -0.2) is 0 Å². The Morgan fingerprint density at radius 1 is 1.16 bits per heavy atom. The van der Waals surface area contributed by atoms with Crippen LogP contribution in [0.25, 0.3) is 11.0 Å². The fourth-order valence-corrected chi connectivity index (χ4v) is 3.47. The molecule has 2 aromatic heterocycles. The molecule has 2 heterocycles. The fraction of sp³-hybridized carbons (Fsp3) is 0.0769. The molecule has 0 aliphatic rings. The normalized spacial score (nSPS) is 10.8. The predicted octanol–water partition coefficient (Wildman–Crippen LogP) is 4.72.